The normalized spacial score (nSPS) is 11.5. The van der Waals surface area contributed by atoms with Crippen LogP contribution in [0.25, 0.3) is 0 Å². The molecule has 1 aromatic carbocycles. The molecule has 0 aliphatic rings. The molecular formula is C12H12BrNO3S2. The van der Waals surface area contributed by atoms with E-state index in [-0.39, 0.29) is 10.8 Å². The molecule has 0 aliphatic heterocycles. The molecule has 0 spiro atoms. The zero-order valence-corrected chi connectivity index (χ0v) is 13.3. The van der Waals surface area contributed by atoms with E-state index in [2.05, 4.69) is 20.7 Å². The van der Waals surface area contributed by atoms with Crippen LogP contribution in [0.15, 0.2) is 39.0 Å². The highest BCUT2D eigenvalue weighted by Gasteiger charge is 2.18. The number of aliphatic hydroxyl groups is 1. The van der Waals surface area contributed by atoms with E-state index in [9.17, 15) is 8.42 Å². The lowest BCUT2D eigenvalue weighted by molar-refractivity contribution is 0.285. The minimum Gasteiger partial charge on any atom is -0.391 e. The Labute approximate surface area is 124 Å². The average molecular weight is 362 g/mol. The van der Waals surface area contributed by atoms with Crippen LogP contribution < -0.4 is 4.72 Å². The predicted molar refractivity (Wildman–Crippen MR) is 79.9 cm³/mol. The Morgan fingerprint density at radius 2 is 2.05 bits per heavy atom. The van der Waals surface area contributed by atoms with Crippen molar-refractivity contribution in [3.8, 4) is 0 Å². The van der Waals surface area contributed by atoms with E-state index in [1.807, 2.05) is 13.0 Å². The number of nitrogens with one attached hydrogen (secondary N) is 1. The maximum absolute atomic E-state index is 12.2. The Bertz CT molecular complexity index is 695. The molecule has 0 amide bonds. The number of benzene rings is 1. The second kappa shape index (κ2) is 5.62. The van der Waals surface area contributed by atoms with Crippen molar-refractivity contribution in [1.82, 2.24) is 0 Å². The number of anilines is 1. The monoisotopic (exact) mass is 361 g/mol. The Morgan fingerprint density at radius 3 is 2.68 bits per heavy atom. The van der Waals surface area contributed by atoms with E-state index < -0.39 is 10.0 Å². The first-order valence-electron chi connectivity index (χ1n) is 5.41. The molecule has 7 heteroatoms. The van der Waals surface area contributed by atoms with Gasteiger partial charge < -0.3 is 5.11 Å². The summed E-state index contributed by atoms with van der Waals surface area (Å²) in [5.41, 5.74) is 1.36. The quantitative estimate of drug-likeness (QED) is 0.878. The fourth-order valence-corrected chi connectivity index (χ4v) is 4.21. The van der Waals surface area contributed by atoms with E-state index >= 15 is 0 Å². The van der Waals surface area contributed by atoms with Crippen molar-refractivity contribution in [1.29, 1.82) is 0 Å². The van der Waals surface area contributed by atoms with E-state index in [1.165, 1.54) is 6.07 Å². The Balaban J connectivity index is 2.33. The standard InChI is InChI=1S/C12H12BrNO3S2/c1-8-10(13)3-2-4-11(8)14-19(16,17)12-6-5-9(7-15)18-12/h2-6,14-15H,7H2,1H3. The molecule has 0 unspecified atom stereocenters. The summed E-state index contributed by atoms with van der Waals surface area (Å²) in [6, 6.07) is 8.42. The summed E-state index contributed by atoms with van der Waals surface area (Å²) in [5, 5.41) is 8.98. The number of thiophene rings is 1. The third kappa shape index (κ3) is 3.17. The molecule has 0 radical (unpaired) electrons. The van der Waals surface area contributed by atoms with Crippen LogP contribution in [0.1, 0.15) is 10.4 Å². The van der Waals surface area contributed by atoms with Gasteiger partial charge in [-0.3, -0.25) is 4.72 Å². The van der Waals surface area contributed by atoms with Gasteiger partial charge in [0.25, 0.3) is 10.0 Å². The maximum atomic E-state index is 12.2. The lowest BCUT2D eigenvalue weighted by Crippen LogP contribution is -2.12. The van der Waals surface area contributed by atoms with Crippen molar-refractivity contribution in [2.45, 2.75) is 17.7 Å². The number of halogens is 1. The van der Waals surface area contributed by atoms with Crippen LogP contribution in [0, 0.1) is 6.92 Å². The molecule has 0 saturated carbocycles. The van der Waals surface area contributed by atoms with Gasteiger partial charge in [0.15, 0.2) is 0 Å². The van der Waals surface area contributed by atoms with Crippen molar-refractivity contribution < 1.29 is 13.5 Å². The van der Waals surface area contributed by atoms with Gasteiger partial charge in [0.1, 0.15) is 4.21 Å². The number of aliphatic hydroxyl groups excluding tert-OH is 1. The Morgan fingerprint density at radius 1 is 1.32 bits per heavy atom. The van der Waals surface area contributed by atoms with E-state index in [4.69, 9.17) is 5.11 Å². The largest absolute Gasteiger partial charge is 0.391 e. The molecule has 2 aromatic rings. The van der Waals surface area contributed by atoms with Gasteiger partial charge in [-0.05, 0) is 36.8 Å². The Kier molecular flexibility index (Phi) is 4.29. The van der Waals surface area contributed by atoms with Crippen molar-refractivity contribution in [3.63, 3.8) is 0 Å². The fraction of sp³-hybridized carbons (Fsp3) is 0.167. The molecule has 19 heavy (non-hydrogen) atoms. The maximum Gasteiger partial charge on any atom is 0.271 e. The number of hydrogen-bond acceptors (Lipinski definition) is 4. The van der Waals surface area contributed by atoms with Crippen molar-refractivity contribution in [2.24, 2.45) is 0 Å². The van der Waals surface area contributed by atoms with Crippen molar-refractivity contribution in [2.75, 3.05) is 4.72 Å². The molecule has 2 rings (SSSR count). The van der Waals surface area contributed by atoms with Gasteiger partial charge >= 0.3 is 0 Å². The van der Waals surface area contributed by atoms with Gasteiger partial charge in [0.2, 0.25) is 0 Å². The lowest BCUT2D eigenvalue weighted by atomic mass is 10.2. The molecule has 0 fully saturated rings. The molecule has 1 heterocycles. The van der Waals surface area contributed by atoms with Gasteiger partial charge in [-0.2, -0.15) is 0 Å². The molecule has 1 aromatic heterocycles. The lowest BCUT2D eigenvalue weighted by Gasteiger charge is -2.10. The first-order valence-corrected chi connectivity index (χ1v) is 8.51. The van der Waals surface area contributed by atoms with E-state index in [0.29, 0.717) is 10.6 Å². The Hall–Kier alpha value is -0.890. The van der Waals surface area contributed by atoms with E-state index in [1.54, 1.807) is 18.2 Å². The number of hydrogen-bond donors (Lipinski definition) is 2. The zero-order chi connectivity index (χ0) is 14.0. The van der Waals surface area contributed by atoms with Crippen molar-refractivity contribution in [3.05, 3.63) is 45.2 Å². The van der Waals surface area contributed by atoms with Gasteiger partial charge in [-0.25, -0.2) is 8.42 Å². The minimum absolute atomic E-state index is 0.157. The van der Waals surface area contributed by atoms with Crippen LogP contribution in [0.3, 0.4) is 0 Å². The first-order chi connectivity index (χ1) is 8.94. The molecular weight excluding hydrogens is 350 g/mol. The highest BCUT2D eigenvalue weighted by Crippen LogP contribution is 2.28. The highest BCUT2D eigenvalue weighted by atomic mass is 79.9. The second-order valence-corrected chi connectivity index (χ2v) is 7.83. The number of rotatable bonds is 4. The first kappa shape index (κ1) is 14.5. The smallest absolute Gasteiger partial charge is 0.271 e. The predicted octanol–water partition coefficient (Wildman–Crippen LogP) is 3.11. The molecule has 0 bridgehead atoms. The summed E-state index contributed by atoms with van der Waals surface area (Å²) in [5.74, 6) is 0. The number of sulfonamides is 1. The van der Waals surface area contributed by atoms with Gasteiger partial charge in [0.05, 0.1) is 12.3 Å². The summed E-state index contributed by atoms with van der Waals surface area (Å²) in [4.78, 5) is 0.617. The summed E-state index contributed by atoms with van der Waals surface area (Å²) < 4.78 is 28.0. The third-order valence-corrected chi connectivity index (χ3v) is 6.36. The molecule has 2 N–H and O–H groups in total. The van der Waals surface area contributed by atoms with Crippen LogP contribution in [-0.4, -0.2) is 13.5 Å². The van der Waals surface area contributed by atoms with Crippen LogP contribution in [0.5, 0.6) is 0 Å². The van der Waals surface area contributed by atoms with Crippen LogP contribution in [-0.2, 0) is 16.6 Å². The summed E-state index contributed by atoms with van der Waals surface area (Å²) in [7, 11) is -3.61. The molecule has 102 valence electrons. The van der Waals surface area contributed by atoms with Gasteiger partial charge in [-0.15, -0.1) is 11.3 Å². The molecule has 0 aliphatic carbocycles. The molecule has 4 nitrogen and oxygen atoms in total. The summed E-state index contributed by atoms with van der Waals surface area (Å²) in [6.45, 7) is 1.67. The fourth-order valence-electron chi connectivity index (χ4n) is 1.50. The highest BCUT2D eigenvalue weighted by molar-refractivity contribution is 9.10. The molecule has 0 saturated heterocycles. The summed E-state index contributed by atoms with van der Waals surface area (Å²) >= 11 is 4.42. The van der Waals surface area contributed by atoms with Crippen LogP contribution >= 0.6 is 27.3 Å². The second-order valence-electron chi connectivity index (χ2n) is 3.90. The SMILES string of the molecule is Cc1c(Br)cccc1NS(=O)(=O)c1ccc(CO)s1. The minimum atomic E-state index is -3.61. The zero-order valence-electron chi connectivity index (χ0n) is 10.1. The third-order valence-electron chi connectivity index (χ3n) is 2.57. The van der Waals surface area contributed by atoms with E-state index in [0.717, 1.165) is 21.4 Å². The topological polar surface area (TPSA) is 66.4 Å². The van der Waals surface area contributed by atoms with Crippen LogP contribution in [0.2, 0.25) is 0 Å². The van der Waals surface area contributed by atoms with Gasteiger partial charge in [-0.1, -0.05) is 22.0 Å². The molecule has 0 atom stereocenters. The summed E-state index contributed by atoms with van der Waals surface area (Å²) in [6.07, 6.45) is 0. The van der Waals surface area contributed by atoms with Gasteiger partial charge in [0, 0.05) is 9.35 Å². The average Bonchev–Trinajstić information content (AvgIpc) is 2.84. The van der Waals surface area contributed by atoms with Crippen LogP contribution in [0.4, 0.5) is 5.69 Å². The van der Waals surface area contributed by atoms with Crippen molar-refractivity contribution >= 4 is 43.0 Å².